The SMILES string of the molecule is Cc1ccc(C(=O)CSc2nnc(-c3ccccc3)n2C)cc1C. The number of carbonyl (C=O) groups excluding carboxylic acids is 1. The molecule has 0 atom stereocenters. The van der Waals surface area contributed by atoms with Gasteiger partial charge < -0.3 is 4.57 Å². The standard InChI is InChI=1S/C19H19N3OS/c1-13-9-10-16(11-14(13)2)17(23)12-24-19-21-20-18(22(19)3)15-7-5-4-6-8-15/h4-11H,12H2,1-3H3. The summed E-state index contributed by atoms with van der Waals surface area (Å²) in [5.74, 6) is 1.26. The second-order valence-electron chi connectivity index (χ2n) is 5.74. The predicted molar refractivity (Wildman–Crippen MR) is 97.4 cm³/mol. The molecule has 1 aromatic heterocycles. The number of rotatable bonds is 5. The Labute approximate surface area is 145 Å². The number of benzene rings is 2. The van der Waals surface area contributed by atoms with Crippen LogP contribution in [0, 0.1) is 13.8 Å². The summed E-state index contributed by atoms with van der Waals surface area (Å²) in [6.45, 7) is 4.07. The second kappa shape index (κ2) is 7.01. The minimum Gasteiger partial charge on any atom is -0.305 e. The molecule has 1 heterocycles. The number of aromatic nitrogens is 3. The molecular formula is C19H19N3OS. The number of carbonyl (C=O) groups is 1. The molecule has 0 amide bonds. The third-order valence-electron chi connectivity index (χ3n) is 4.03. The summed E-state index contributed by atoms with van der Waals surface area (Å²) in [7, 11) is 1.92. The lowest BCUT2D eigenvalue weighted by atomic mass is 10.0. The number of hydrogen-bond donors (Lipinski definition) is 0. The summed E-state index contributed by atoms with van der Waals surface area (Å²) in [6, 6.07) is 15.7. The average molecular weight is 337 g/mol. The number of nitrogens with zero attached hydrogens (tertiary/aromatic N) is 3. The Morgan fingerprint density at radius 2 is 1.79 bits per heavy atom. The Morgan fingerprint density at radius 1 is 1.04 bits per heavy atom. The number of hydrogen-bond acceptors (Lipinski definition) is 4. The average Bonchev–Trinajstić information content (AvgIpc) is 2.96. The van der Waals surface area contributed by atoms with Gasteiger partial charge in [-0.1, -0.05) is 54.2 Å². The molecule has 0 saturated heterocycles. The topological polar surface area (TPSA) is 47.8 Å². The van der Waals surface area contributed by atoms with Crippen LogP contribution in [-0.4, -0.2) is 26.3 Å². The van der Waals surface area contributed by atoms with Gasteiger partial charge in [-0.25, -0.2) is 0 Å². The Morgan fingerprint density at radius 3 is 2.50 bits per heavy atom. The Bertz CT molecular complexity index is 872. The van der Waals surface area contributed by atoms with Crippen molar-refractivity contribution in [2.45, 2.75) is 19.0 Å². The van der Waals surface area contributed by atoms with Gasteiger partial charge in [0.15, 0.2) is 16.8 Å². The summed E-state index contributed by atoms with van der Waals surface area (Å²) in [6.07, 6.45) is 0. The molecule has 0 fully saturated rings. The van der Waals surface area contributed by atoms with E-state index in [0.29, 0.717) is 5.75 Å². The van der Waals surface area contributed by atoms with E-state index in [1.165, 1.54) is 17.3 Å². The monoisotopic (exact) mass is 337 g/mol. The maximum atomic E-state index is 12.4. The first-order valence-electron chi connectivity index (χ1n) is 7.74. The highest BCUT2D eigenvalue weighted by Crippen LogP contribution is 2.23. The largest absolute Gasteiger partial charge is 0.305 e. The molecule has 4 nitrogen and oxygen atoms in total. The van der Waals surface area contributed by atoms with Gasteiger partial charge in [-0.3, -0.25) is 4.79 Å². The van der Waals surface area contributed by atoms with Crippen molar-refractivity contribution in [3.05, 3.63) is 65.2 Å². The highest BCUT2D eigenvalue weighted by Gasteiger charge is 2.14. The van der Waals surface area contributed by atoms with Crippen LogP contribution in [0.3, 0.4) is 0 Å². The summed E-state index contributed by atoms with van der Waals surface area (Å²) in [4.78, 5) is 12.4. The maximum absolute atomic E-state index is 12.4. The van der Waals surface area contributed by atoms with Gasteiger partial charge in [-0.05, 0) is 31.0 Å². The third kappa shape index (κ3) is 3.41. The van der Waals surface area contributed by atoms with E-state index in [1.807, 2.05) is 74.0 Å². The van der Waals surface area contributed by atoms with Gasteiger partial charge in [-0.15, -0.1) is 10.2 Å². The minimum absolute atomic E-state index is 0.104. The summed E-state index contributed by atoms with van der Waals surface area (Å²) < 4.78 is 1.92. The third-order valence-corrected chi connectivity index (χ3v) is 5.05. The van der Waals surface area contributed by atoms with Crippen molar-refractivity contribution in [3.8, 4) is 11.4 Å². The molecule has 3 rings (SSSR count). The lowest BCUT2D eigenvalue weighted by Gasteiger charge is -2.05. The molecule has 2 aromatic carbocycles. The van der Waals surface area contributed by atoms with Crippen LogP contribution in [0.25, 0.3) is 11.4 Å². The van der Waals surface area contributed by atoms with Gasteiger partial charge in [0, 0.05) is 18.2 Å². The molecule has 5 heteroatoms. The van der Waals surface area contributed by atoms with Crippen LogP contribution in [-0.2, 0) is 7.05 Å². The van der Waals surface area contributed by atoms with E-state index in [2.05, 4.69) is 10.2 Å². The molecule has 3 aromatic rings. The van der Waals surface area contributed by atoms with Crippen LogP contribution < -0.4 is 0 Å². The van der Waals surface area contributed by atoms with Crippen molar-refractivity contribution in [2.24, 2.45) is 7.05 Å². The van der Waals surface area contributed by atoms with Crippen molar-refractivity contribution >= 4 is 17.5 Å². The fourth-order valence-electron chi connectivity index (χ4n) is 2.41. The number of Topliss-reactive ketones (excluding diaryl/α,β-unsaturated/α-hetero) is 1. The zero-order chi connectivity index (χ0) is 17.1. The van der Waals surface area contributed by atoms with E-state index in [4.69, 9.17) is 0 Å². The second-order valence-corrected chi connectivity index (χ2v) is 6.68. The molecule has 0 spiro atoms. The first-order valence-corrected chi connectivity index (χ1v) is 8.73. The molecule has 0 radical (unpaired) electrons. The molecule has 122 valence electrons. The summed E-state index contributed by atoms with van der Waals surface area (Å²) >= 11 is 1.42. The zero-order valence-corrected chi connectivity index (χ0v) is 14.8. The molecule has 0 saturated carbocycles. The smallest absolute Gasteiger partial charge is 0.191 e. The molecule has 0 bridgehead atoms. The highest BCUT2D eigenvalue weighted by molar-refractivity contribution is 7.99. The molecule has 0 aliphatic carbocycles. The van der Waals surface area contributed by atoms with Crippen LogP contribution >= 0.6 is 11.8 Å². The van der Waals surface area contributed by atoms with Gasteiger partial charge in [-0.2, -0.15) is 0 Å². The first-order chi connectivity index (χ1) is 11.6. The molecule has 0 aliphatic rings. The number of thioether (sulfide) groups is 1. The fourth-order valence-corrected chi connectivity index (χ4v) is 3.21. The minimum atomic E-state index is 0.104. The molecule has 0 unspecified atom stereocenters. The van der Waals surface area contributed by atoms with Crippen molar-refractivity contribution in [1.29, 1.82) is 0 Å². The van der Waals surface area contributed by atoms with Crippen LogP contribution in [0.5, 0.6) is 0 Å². The number of ketones is 1. The molecule has 0 aliphatic heterocycles. The van der Waals surface area contributed by atoms with E-state index >= 15 is 0 Å². The summed E-state index contributed by atoms with van der Waals surface area (Å²) in [5.41, 5.74) is 4.09. The lowest BCUT2D eigenvalue weighted by Crippen LogP contribution is -2.04. The van der Waals surface area contributed by atoms with E-state index in [-0.39, 0.29) is 5.78 Å². The molecule has 24 heavy (non-hydrogen) atoms. The van der Waals surface area contributed by atoms with Crippen molar-refractivity contribution in [3.63, 3.8) is 0 Å². The Kier molecular flexibility index (Phi) is 4.81. The van der Waals surface area contributed by atoms with E-state index in [9.17, 15) is 4.79 Å². The Balaban J connectivity index is 1.72. The first kappa shape index (κ1) is 16.5. The summed E-state index contributed by atoms with van der Waals surface area (Å²) in [5, 5.41) is 9.20. The zero-order valence-electron chi connectivity index (χ0n) is 14.0. The maximum Gasteiger partial charge on any atom is 0.191 e. The van der Waals surface area contributed by atoms with E-state index < -0.39 is 0 Å². The van der Waals surface area contributed by atoms with Crippen molar-refractivity contribution in [1.82, 2.24) is 14.8 Å². The quantitative estimate of drug-likeness (QED) is 0.520. The Hall–Kier alpha value is -2.40. The fraction of sp³-hybridized carbons (Fsp3) is 0.211. The molecular weight excluding hydrogens is 318 g/mol. The van der Waals surface area contributed by atoms with Crippen molar-refractivity contribution in [2.75, 3.05) is 5.75 Å². The van der Waals surface area contributed by atoms with Crippen molar-refractivity contribution < 1.29 is 4.79 Å². The normalized spacial score (nSPS) is 10.8. The van der Waals surface area contributed by atoms with Gasteiger partial charge in [0.2, 0.25) is 0 Å². The van der Waals surface area contributed by atoms with Crippen LogP contribution in [0.2, 0.25) is 0 Å². The highest BCUT2D eigenvalue weighted by atomic mass is 32.2. The van der Waals surface area contributed by atoms with E-state index in [0.717, 1.165) is 27.7 Å². The van der Waals surface area contributed by atoms with Gasteiger partial charge in [0.1, 0.15) is 0 Å². The number of aryl methyl sites for hydroxylation is 2. The van der Waals surface area contributed by atoms with Crippen LogP contribution in [0.1, 0.15) is 21.5 Å². The van der Waals surface area contributed by atoms with E-state index in [1.54, 1.807) is 0 Å². The van der Waals surface area contributed by atoms with Crippen LogP contribution in [0.4, 0.5) is 0 Å². The van der Waals surface area contributed by atoms with Gasteiger partial charge >= 0.3 is 0 Å². The van der Waals surface area contributed by atoms with Gasteiger partial charge in [0.25, 0.3) is 0 Å². The lowest BCUT2D eigenvalue weighted by molar-refractivity contribution is 0.102. The van der Waals surface area contributed by atoms with Crippen LogP contribution in [0.15, 0.2) is 53.7 Å². The molecule has 0 N–H and O–H groups in total. The van der Waals surface area contributed by atoms with Gasteiger partial charge in [0.05, 0.1) is 5.75 Å². The predicted octanol–water partition coefficient (Wildman–Crippen LogP) is 4.07.